The second kappa shape index (κ2) is 6.20. The third-order valence-electron chi connectivity index (χ3n) is 3.59. The molecular formula is C17H16N2O2S. The number of nitrogens with zero attached hydrogens (tertiary/aromatic N) is 2. The van der Waals surface area contributed by atoms with Crippen molar-refractivity contribution in [1.29, 1.82) is 5.26 Å². The Kier molecular flexibility index (Phi) is 4.12. The van der Waals surface area contributed by atoms with Crippen LogP contribution in [0.3, 0.4) is 0 Å². The highest BCUT2D eigenvalue weighted by molar-refractivity contribution is 7.11. The van der Waals surface area contributed by atoms with Crippen LogP contribution in [0.4, 0.5) is 0 Å². The molecule has 3 rings (SSSR count). The summed E-state index contributed by atoms with van der Waals surface area (Å²) in [4.78, 5) is 4.59. The minimum Gasteiger partial charge on any atom is -0.493 e. The van der Waals surface area contributed by atoms with E-state index in [0.29, 0.717) is 23.0 Å². The smallest absolute Gasteiger partial charge is 0.161 e. The van der Waals surface area contributed by atoms with Crippen molar-refractivity contribution in [3.63, 3.8) is 0 Å². The highest BCUT2D eigenvalue weighted by atomic mass is 32.1. The predicted molar refractivity (Wildman–Crippen MR) is 87.1 cm³/mol. The molecule has 0 saturated heterocycles. The van der Waals surface area contributed by atoms with Crippen molar-refractivity contribution in [3.8, 4) is 17.6 Å². The number of hydrogen-bond acceptors (Lipinski definition) is 5. The van der Waals surface area contributed by atoms with Crippen LogP contribution in [0.25, 0.3) is 11.6 Å². The van der Waals surface area contributed by atoms with Gasteiger partial charge in [-0.2, -0.15) is 5.26 Å². The van der Waals surface area contributed by atoms with Crippen molar-refractivity contribution in [2.24, 2.45) is 0 Å². The van der Waals surface area contributed by atoms with Crippen LogP contribution in [0.1, 0.15) is 35.0 Å². The summed E-state index contributed by atoms with van der Waals surface area (Å²) in [6.07, 6.45) is 4.26. The van der Waals surface area contributed by atoms with Crippen molar-refractivity contribution < 1.29 is 9.47 Å². The van der Waals surface area contributed by atoms with Gasteiger partial charge in [0, 0.05) is 11.3 Å². The van der Waals surface area contributed by atoms with E-state index in [0.717, 1.165) is 16.3 Å². The molecule has 0 N–H and O–H groups in total. The minimum atomic E-state index is 0.573. The lowest BCUT2D eigenvalue weighted by Crippen LogP contribution is -1.91. The number of nitriles is 1. The Morgan fingerprint density at radius 3 is 2.73 bits per heavy atom. The van der Waals surface area contributed by atoms with E-state index >= 15 is 0 Å². The minimum absolute atomic E-state index is 0.573. The maximum atomic E-state index is 9.42. The molecule has 1 fully saturated rings. The number of methoxy groups -OCH3 is 2. The van der Waals surface area contributed by atoms with Gasteiger partial charge in [-0.25, -0.2) is 4.98 Å². The zero-order valence-electron chi connectivity index (χ0n) is 12.5. The lowest BCUT2D eigenvalue weighted by Gasteiger charge is -2.07. The summed E-state index contributed by atoms with van der Waals surface area (Å²) < 4.78 is 10.5. The first kappa shape index (κ1) is 14.6. The summed E-state index contributed by atoms with van der Waals surface area (Å²) in [5.74, 6) is 1.92. The third-order valence-corrected chi connectivity index (χ3v) is 4.48. The third kappa shape index (κ3) is 2.97. The average Bonchev–Trinajstić information content (AvgIpc) is 3.30. The average molecular weight is 312 g/mol. The molecule has 0 bridgehead atoms. The first-order chi connectivity index (χ1) is 10.7. The number of hydrogen-bond donors (Lipinski definition) is 0. The normalized spacial score (nSPS) is 14.5. The lowest BCUT2D eigenvalue weighted by atomic mass is 10.1. The van der Waals surface area contributed by atoms with Crippen molar-refractivity contribution in [2.45, 2.75) is 18.8 Å². The van der Waals surface area contributed by atoms with Crippen molar-refractivity contribution in [3.05, 3.63) is 39.8 Å². The molecule has 1 aromatic carbocycles. The van der Waals surface area contributed by atoms with Crippen molar-refractivity contribution >= 4 is 23.0 Å². The van der Waals surface area contributed by atoms with Gasteiger partial charge in [0.05, 0.1) is 25.5 Å². The quantitative estimate of drug-likeness (QED) is 0.780. The molecule has 4 nitrogen and oxygen atoms in total. The molecule has 1 heterocycles. The first-order valence-electron chi connectivity index (χ1n) is 7.04. The van der Waals surface area contributed by atoms with Crippen LogP contribution in [-0.4, -0.2) is 19.2 Å². The van der Waals surface area contributed by atoms with Crippen LogP contribution in [0.2, 0.25) is 0 Å². The molecule has 0 atom stereocenters. The van der Waals surface area contributed by atoms with E-state index < -0.39 is 0 Å². The number of benzene rings is 1. The van der Waals surface area contributed by atoms with Crippen molar-refractivity contribution in [2.75, 3.05) is 14.2 Å². The molecular weight excluding hydrogens is 296 g/mol. The Balaban J connectivity index is 1.92. The molecule has 0 unspecified atom stereocenters. The molecule has 1 aliphatic carbocycles. The Morgan fingerprint density at radius 2 is 2.09 bits per heavy atom. The molecule has 112 valence electrons. The Morgan fingerprint density at radius 1 is 1.32 bits per heavy atom. The summed E-state index contributed by atoms with van der Waals surface area (Å²) in [7, 11) is 3.20. The zero-order chi connectivity index (χ0) is 15.5. The van der Waals surface area contributed by atoms with Gasteiger partial charge >= 0.3 is 0 Å². The highest BCUT2D eigenvalue weighted by Gasteiger charge is 2.26. The van der Waals surface area contributed by atoms with Gasteiger partial charge in [-0.05, 0) is 36.6 Å². The number of rotatable bonds is 5. The maximum Gasteiger partial charge on any atom is 0.161 e. The monoisotopic (exact) mass is 312 g/mol. The summed E-state index contributed by atoms with van der Waals surface area (Å²) in [5, 5.41) is 12.3. The first-order valence-corrected chi connectivity index (χ1v) is 7.92. The SMILES string of the molecule is COc1ccc(/C=C(/C#N)c2nc(C3CC3)cs2)cc1OC. The molecule has 1 aromatic heterocycles. The number of ether oxygens (including phenoxy) is 2. The molecule has 1 aliphatic rings. The van der Waals surface area contributed by atoms with E-state index in [4.69, 9.17) is 9.47 Å². The van der Waals surface area contributed by atoms with Crippen molar-refractivity contribution in [1.82, 2.24) is 4.98 Å². The van der Waals surface area contributed by atoms with Crippen LogP contribution < -0.4 is 9.47 Å². The maximum absolute atomic E-state index is 9.42. The second-order valence-electron chi connectivity index (χ2n) is 5.14. The molecule has 0 radical (unpaired) electrons. The van der Waals surface area contributed by atoms with Gasteiger partial charge in [0.1, 0.15) is 11.1 Å². The predicted octanol–water partition coefficient (Wildman–Crippen LogP) is 4.10. The van der Waals surface area contributed by atoms with Crippen LogP contribution in [0.15, 0.2) is 23.6 Å². The Labute approximate surface area is 133 Å². The van der Waals surface area contributed by atoms with Crippen LogP contribution in [0, 0.1) is 11.3 Å². The number of thiazole rings is 1. The van der Waals surface area contributed by atoms with E-state index in [1.807, 2.05) is 24.3 Å². The van der Waals surface area contributed by atoms with Crippen LogP contribution >= 0.6 is 11.3 Å². The number of allylic oxidation sites excluding steroid dienone is 1. The molecule has 0 spiro atoms. The van der Waals surface area contributed by atoms with Gasteiger partial charge in [0.25, 0.3) is 0 Å². The standard InChI is InChI=1S/C17H16N2O2S/c1-20-15-6-3-11(8-16(15)21-2)7-13(9-18)17-19-14(10-22-17)12-4-5-12/h3,6-8,10,12H,4-5H2,1-2H3/b13-7-. The van der Waals surface area contributed by atoms with Gasteiger partial charge in [-0.3, -0.25) is 0 Å². The van der Waals surface area contributed by atoms with Gasteiger partial charge in [-0.15, -0.1) is 11.3 Å². The molecule has 0 aliphatic heterocycles. The summed E-state index contributed by atoms with van der Waals surface area (Å²) in [6.45, 7) is 0. The topological polar surface area (TPSA) is 55.1 Å². The van der Waals surface area contributed by atoms with Crippen LogP contribution in [-0.2, 0) is 0 Å². The van der Waals surface area contributed by atoms with E-state index in [1.54, 1.807) is 14.2 Å². The highest BCUT2D eigenvalue weighted by Crippen LogP contribution is 2.41. The fraction of sp³-hybridized carbons (Fsp3) is 0.294. The van der Waals surface area contributed by atoms with E-state index in [9.17, 15) is 5.26 Å². The summed E-state index contributed by atoms with van der Waals surface area (Å²) >= 11 is 1.53. The fourth-order valence-corrected chi connectivity index (χ4v) is 3.09. The summed E-state index contributed by atoms with van der Waals surface area (Å²) in [5.41, 5.74) is 2.58. The van der Waals surface area contributed by atoms with E-state index in [1.165, 1.54) is 24.2 Å². The molecule has 22 heavy (non-hydrogen) atoms. The van der Waals surface area contributed by atoms with Gasteiger partial charge in [0.15, 0.2) is 11.5 Å². The van der Waals surface area contributed by atoms with Gasteiger partial charge < -0.3 is 9.47 Å². The molecule has 1 saturated carbocycles. The van der Waals surface area contributed by atoms with E-state index in [-0.39, 0.29) is 0 Å². The zero-order valence-corrected chi connectivity index (χ0v) is 13.3. The van der Waals surface area contributed by atoms with Crippen LogP contribution in [0.5, 0.6) is 11.5 Å². The molecule has 2 aromatic rings. The molecule has 5 heteroatoms. The van der Waals surface area contributed by atoms with Gasteiger partial charge in [-0.1, -0.05) is 6.07 Å². The van der Waals surface area contributed by atoms with E-state index in [2.05, 4.69) is 16.4 Å². The second-order valence-corrected chi connectivity index (χ2v) is 5.99. The summed E-state index contributed by atoms with van der Waals surface area (Å²) in [6, 6.07) is 7.82. The molecule has 0 amide bonds. The number of aromatic nitrogens is 1. The lowest BCUT2D eigenvalue weighted by molar-refractivity contribution is 0.355. The van der Waals surface area contributed by atoms with Gasteiger partial charge in [0.2, 0.25) is 0 Å². The fourth-order valence-electron chi connectivity index (χ4n) is 2.23. The largest absolute Gasteiger partial charge is 0.493 e. The Bertz CT molecular complexity index is 754. The Hall–Kier alpha value is -2.32.